The van der Waals surface area contributed by atoms with Crippen LogP contribution < -0.4 is 20.3 Å². The first-order chi connectivity index (χ1) is 15.5. The Kier molecular flexibility index (Phi) is 5.85. The van der Waals surface area contributed by atoms with E-state index in [0.717, 1.165) is 21.9 Å². The van der Waals surface area contributed by atoms with Crippen molar-refractivity contribution < 1.29 is 14.3 Å². The Labute approximate surface area is 185 Å². The van der Waals surface area contributed by atoms with Crippen molar-refractivity contribution in [3.63, 3.8) is 0 Å². The Hall–Kier alpha value is -3.81. The molecule has 1 amide bonds. The maximum absolute atomic E-state index is 13.1. The first-order valence-corrected chi connectivity index (χ1v) is 10.4. The number of amides is 1. The summed E-state index contributed by atoms with van der Waals surface area (Å²) in [6.45, 7) is 2.23. The molecule has 2 heterocycles. The van der Waals surface area contributed by atoms with Crippen molar-refractivity contribution in [1.82, 2.24) is 19.7 Å². The first-order valence-electron chi connectivity index (χ1n) is 10.4. The number of aromatic nitrogens is 3. The summed E-state index contributed by atoms with van der Waals surface area (Å²) in [4.78, 5) is 26.0. The maximum Gasteiger partial charge on any atom is 0.291 e. The lowest BCUT2D eigenvalue weighted by molar-refractivity contribution is -0.123. The van der Waals surface area contributed by atoms with Crippen molar-refractivity contribution in [2.75, 3.05) is 20.8 Å². The Morgan fingerprint density at radius 2 is 1.91 bits per heavy atom. The molecule has 1 N–H and O–H groups in total. The van der Waals surface area contributed by atoms with Crippen LogP contribution in [-0.4, -0.2) is 41.0 Å². The van der Waals surface area contributed by atoms with E-state index in [-0.39, 0.29) is 11.5 Å². The molecule has 4 aromatic rings. The summed E-state index contributed by atoms with van der Waals surface area (Å²) in [5.74, 6) is 1.26. The fourth-order valence-corrected chi connectivity index (χ4v) is 4.03. The number of para-hydroxylation sites is 1. The highest BCUT2D eigenvalue weighted by molar-refractivity contribution is 6.08. The van der Waals surface area contributed by atoms with Gasteiger partial charge in [0, 0.05) is 30.4 Å². The number of fused-ring (bicyclic) bond motifs is 3. The molecule has 1 atom stereocenters. The lowest BCUT2D eigenvalue weighted by Gasteiger charge is -2.17. The summed E-state index contributed by atoms with van der Waals surface area (Å²) in [5.41, 5.74) is 2.04. The molecule has 0 aliphatic carbocycles. The second-order valence-electron chi connectivity index (χ2n) is 7.62. The molecule has 0 spiro atoms. The summed E-state index contributed by atoms with van der Waals surface area (Å²) in [7, 11) is 4.82. The van der Waals surface area contributed by atoms with E-state index in [0.29, 0.717) is 30.0 Å². The number of methoxy groups -OCH3 is 2. The smallest absolute Gasteiger partial charge is 0.291 e. The average molecular weight is 434 g/mol. The quantitative estimate of drug-likeness (QED) is 0.483. The van der Waals surface area contributed by atoms with E-state index < -0.39 is 6.04 Å². The van der Waals surface area contributed by atoms with Crippen LogP contribution in [0.2, 0.25) is 0 Å². The summed E-state index contributed by atoms with van der Waals surface area (Å²) >= 11 is 0. The molecular weight excluding hydrogens is 408 g/mol. The van der Waals surface area contributed by atoms with E-state index in [4.69, 9.17) is 9.47 Å². The molecule has 0 aliphatic rings. The van der Waals surface area contributed by atoms with E-state index in [1.54, 1.807) is 39.0 Å². The van der Waals surface area contributed by atoms with Crippen molar-refractivity contribution in [2.24, 2.45) is 7.05 Å². The van der Waals surface area contributed by atoms with Crippen LogP contribution in [0.3, 0.4) is 0 Å². The number of carbonyl (C=O) groups excluding carboxylic acids is 1. The molecule has 8 nitrogen and oxygen atoms in total. The first kappa shape index (κ1) is 21.4. The van der Waals surface area contributed by atoms with Crippen molar-refractivity contribution in [3.05, 3.63) is 64.6 Å². The number of benzene rings is 2. The van der Waals surface area contributed by atoms with Crippen molar-refractivity contribution in [1.29, 1.82) is 0 Å². The number of nitrogens with one attached hydrogen (secondary N) is 1. The van der Waals surface area contributed by atoms with Crippen LogP contribution in [0.25, 0.3) is 21.8 Å². The third-order valence-corrected chi connectivity index (χ3v) is 5.76. The molecule has 8 heteroatoms. The third kappa shape index (κ3) is 3.68. The predicted molar refractivity (Wildman–Crippen MR) is 123 cm³/mol. The van der Waals surface area contributed by atoms with Crippen LogP contribution in [0.1, 0.15) is 18.5 Å². The number of rotatable bonds is 7. The number of ether oxygens (including phenoxy) is 2. The molecule has 0 saturated carbocycles. The van der Waals surface area contributed by atoms with Gasteiger partial charge in [0.1, 0.15) is 23.1 Å². The lowest BCUT2D eigenvalue weighted by Crippen LogP contribution is -2.33. The predicted octanol–water partition coefficient (Wildman–Crippen LogP) is 2.83. The van der Waals surface area contributed by atoms with Crippen LogP contribution in [0.15, 0.2) is 53.5 Å². The van der Waals surface area contributed by atoms with E-state index >= 15 is 0 Å². The molecule has 0 radical (unpaired) electrons. The monoisotopic (exact) mass is 434 g/mol. The van der Waals surface area contributed by atoms with Gasteiger partial charge >= 0.3 is 0 Å². The van der Waals surface area contributed by atoms with Crippen molar-refractivity contribution in [2.45, 2.75) is 19.4 Å². The minimum absolute atomic E-state index is 0.168. The van der Waals surface area contributed by atoms with Crippen LogP contribution in [0.4, 0.5) is 0 Å². The highest BCUT2D eigenvalue weighted by Gasteiger charge is 2.23. The molecule has 2 aromatic carbocycles. The third-order valence-electron chi connectivity index (χ3n) is 5.76. The number of hydrogen-bond donors (Lipinski definition) is 1. The molecule has 2 aromatic heterocycles. The van der Waals surface area contributed by atoms with Crippen LogP contribution in [0.5, 0.6) is 11.5 Å². The lowest BCUT2D eigenvalue weighted by atomic mass is 10.1. The van der Waals surface area contributed by atoms with E-state index in [1.165, 1.54) is 4.68 Å². The summed E-state index contributed by atoms with van der Waals surface area (Å²) in [6.07, 6.45) is 2.28. The Bertz CT molecular complexity index is 1360. The second-order valence-corrected chi connectivity index (χ2v) is 7.62. The normalized spacial score (nSPS) is 12.1. The van der Waals surface area contributed by atoms with Gasteiger partial charge in [-0.3, -0.25) is 9.59 Å². The highest BCUT2D eigenvalue weighted by atomic mass is 16.5. The van der Waals surface area contributed by atoms with Gasteiger partial charge in [-0.1, -0.05) is 24.3 Å². The van der Waals surface area contributed by atoms with Crippen LogP contribution >= 0.6 is 0 Å². The highest BCUT2D eigenvalue weighted by Crippen LogP contribution is 2.29. The van der Waals surface area contributed by atoms with Crippen LogP contribution in [-0.2, 0) is 18.3 Å². The largest absolute Gasteiger partial charge is 0.497 e. The van der Waals surface area contributed by atoms with E-state index in [2.05, 4.69) is 10.4 Å². The van der Waals surface area contributed by atoms with Gasteiger partial charge in [0.25, 0.3) is 5.56 Å². The van der Waals surface area contributed by atoms with Gasteiger partial charge in [-0.05, 0) is 31.0 Å². The van der Waals surface area contributed by atoms with Gasteiger partial charge in [-0.15, -0.1) is 0 Å². The van der Waals surface area contributed by atoms with Gasteiger partial charge in [-0.2, -0.15) is 5.10 Å². The Morgan fingerprint density at radius 3 is 2.66 bits per heavy atom. The average Bonchev–Trinajstić information content (AvgIpc) is 3.16. The fraction of sp³-hybridized carbons (Fsp3) is 0.292. The number of hydrogen-bond acceptors (Lipinski definition) is 5. The van der Waals surface area contributed by atoms with Gasteiger partial charge < -0.3 is 19.4 Å². The minimum Gasteiger partial charge on any atom is -0.497 e. The molecule has 0 saturated heterocycles. The fourth-order valence-electron chi connectivity index (χ4n) is 4.03. The molecule has 4 rings (SSSR count). The molecule has 0 fully saturated rings. The van der Waals surface area contributed by atoms with Crippen LogP contribution in [0, 0.1) is 0 Å². The minimum atomic E-state index is -0.578. The summed E-state index contributed by atoms with van der Waals surface area (Å²) in [6, 6.07) is 12.7. The Morgan fingerprint density at radius 1 is 1.12 bits per heavy atom. The topological polar surface area (TPSA) is 87.4 Å². The SMILES string of the molecule is COc1ccc(CCNC(=O)[C@@H](C)n2c3ccccc3c3cnn(C)c(=O)c32)c(OC)c1. The summed E-state index contributed by atoms with van der Waals surface area (Å²) in [5, 5.41) is 8.79. The maximum atomic E-state index is 13.1. The molecule has 32 heavy (non-hydrogen) atoms. The van der Waals surface area contributed by atoms with E-state index in [9.17, 15) is 9.59 Å². The van der Waals surface area contributed by atoms with Gasteiger partial charge in [0.2, 0.25) is 5.91 Å². The standard InChI is InChI=1S/C24H26N4O4/c1-15(23(29)25-12-11-16-9-10-17(31-3)13-21(16)32-4)28-20-8-6-5-7-18(20)19-14-26-27(2)24(30)22(19)28/h5-10,13-15H,11-12H2,1-4H3,(H,25,29)/t15-/m1/s1. The van der Waals surface area contributed by atoms with Gasteiger partial charge in [0.15, 0.2) is 0 Å². The van der Waals surface area contributed by atoms with Crippen molar-refractivity contribution in [3.8, 4) is 11.5 Å². The molecule has 0 bridgehead atoms. The number of nitrogens with zero attached hydrogens (tertiary/aromatic N) is 3. The zero-order valence-corrected chi connectivity index (χ0v) is 18.6. The summed E-state index contributed by atoms with van der Waals surface area (Å²) < 4.78 is 13.8. The van der Waals surface area contributed by atoms with Gasteiger partial charge in [0.05, 0.1) is 25.9 Å². The zero-order valence-electron chi connectivity index (χ0n) is 18.6. The Balaban J connectivity index is 1.60. The second kappa shape index (κ2) is 8.74. The molecule has 0 aliphatic heterocycles. The van der Waals surface area contributed by atoms with E-state index in [1.807, 2.05) is 42.5 Å². The molecule has 166 valence electrons. The zero-order chi connectivity index (χ0) is 22.8. The number of carbonyl (C=O) groups is 1. The molecular formula is C24H26N4O4. The van der Waals surface area contributed by atoms with Crippen molar-refractivity contribution >= 4 is 27.7 Å². The molecule has 0 unspecified atom stereocenters. The number of aryl methyl sites for hydroxylation is 1. The van der Waals surface area contributed by atoms with Gasteiger partial charge in [-0.25, -0.2) is 4.68 Å².